The summed E-state index contributed by atoms with van der Waals surface area (Å²) in [7, 11) is 0. The Morgan fingerprint density at radius 1 is 1.41 bits per heavy atom. The molecule has 1 atom stereocenters. The third kappa shape index (κ3) is 3.69. The highest BCUT2D eigenvalue weighted by Crippen LogP contribution is 2.27. The van der Waals surface area contributed by atoms with Crippen molar-refractivity contribution < 1.29 is 9.90 Å². The smallest absolute Gasteiger partial charge is 0.254 e. The van der Waals surface area contributed by atoms with Crippen LogP contribution in [0.4, 0.5) is 0 Å². The van der Waals surface area contributed by atoms with E-state index in [0.29, 0.717) is 24.1 Å². The highest BCUT2D eigenvalue weighted by atomic mass is 16.3. The van der Waals surface area contributed by atoms with E-state index in [4.69, 9.17) is 0 Å². The molecule has 5 heteroatoms. The van der Waals surface area contributed by atoms with Gasteiger partial charge in [0.25, 0.3) is 5.91 Å². The van der Waals surface area contributed by atoms with Gasteiger partial charge in [-0.1, -0.05) is 26.7 Å². The molecule has 22 heavy (non-hydrogen) atoms. The minimum absolute atomic E-state index is 0.133. The fourth-order valence-corrected chi connectivity index (χ4v) is 3.45. The first-order valence-corrected chi connectivity index (χ1v) is 8.58. The first-order valence-electron chi connectivity index (χ1n) is 8.58. The van der Waals surface area contributed by atoms with Gasteiger partial charge >= 0.3 is 0 Å². The van der Waals surface area contributed by atoms with Gasteiger partial charge in [0.15, 0.2) is 0 Å². The van der Waals surface area contributed by atoms with Crippen molar-refractivity contribution in [1.29, 1.82) is 0 Å². The quantitative estimate of drug-likeness (QED) is 0.814. The second kappa shape index (κ2) is 7.77. The summed E-state index contributed by atoms with van der Waals surface area (Å²) in [5, 5.41) is 17.4. The van der Waals surface area contributed by atoms with E-state index in [1.165, 1.54) is 12.8 Å². The SMILES string of the molecule is CCC(CC)n1ncc(C(=O)NCC(O)C2CCCC2)c1C. The Kier molecular flexibility index (Phi) is 6.00. The zero-order chi connectivity index (χ0) is 16.1. The average Bonchev–Trinajstić information content (AvgIpc) is 3.17. The van der Waals surface area contributed by atoms with Crippen LogP contribution in [0, 0.1) is 12.8 Å². The van der Waals surface area contributed by atoms with E-state index >= 15 is 0 Å². The van der Waals surface area contributed by atoms with Gasteiger partial charge in [-0.3, -0.25) is 9.48 Å². The van der Waals surface area contributed by atoms with Crippen molar-refractivity contribution in [2.75, 3.05) is 6.54 Å². The van der Waals surface area contributed by atoms with Crippen LogP contribution in [0.1, 0.15) is 74.5 Å². The number of amides is 1. The molecule has 1 unspecified atom stereocenters. The van der Waals surface area contributed by atoms with Crippen molar-refractivity contribution in [2.24, 2.45) is 5.92 Å². The van der Waals surface area contributed by atoms with Gasteiger partial charge in [0.1, 0.15) is 0 Å². The zero-order valence-electron chi connectivity index (χ0n) is 14.0. The van der Waals surface area contributed by atoms with E-state index in [2.05, 4.69) is 24.3 Å². The predicted octanol–water partition coefficient (Wildman–Crippen LogP) is 2.83. The maximum absolute atomic E-state index is 12.3. The number of aromatic nitrogens is 2. The molecule has 0 saturated heterocycles. The lowest BCUT2D eigenvalue weighted by atomic mass is 10.0. The van der Waals surface area contributed by atoms with Gasteiger partial charge < -0.3 is 10.4 Å². The fraction of sp³-hybridized carbons (Fsp3) is 0.765. The summed E-state index contributed by atoms with van der Waals surface area (Å²) in [5.74, 6) is 0.209. The molecule has 1 aromatic heterocycles. The van der Waals surface area contributed by atoms with Gasteiger partial charge in [0, 0.05) is 12.2 Å². The molecule has 0 aromatic carbocycles. The standard InChI is InChI=1S/C17H29N3O2/c1-4-14(5-2)20-12(3)15(10-19-20)17(22)18-11-16(21)13-8-6-7-9-13/h10,13-14,16,21H,4-9,11H2,1-3H3,(H,18,22). The minimum Gasteiger partial charge on any atom is -0.391 e. The summed E-state index contributed by atoms with van der Waals surface area (Å²) >= 11 is 0. The van der Waals surface area contributed by atoms with Crippen molar-refractivity contribution in [1.82, 2.24) is 15.1 Å². The predicted molar refractivity (Wildman–Crippen MR) is 86.9 cm³/mol. The van der Waals surface area contributed by atoms with Crippen LogP contribution in [0.25, 0.3) is 0 Å². The highest BCUT2D eigenvalue weighted by Gasteiger charge is 2.24. The van der Waals surface area contributed by atoms with E-state index in [1.54, 1.807) is 6.20 Å². The lowest BCUT2D eigenvalue weighted by Gasteiger charge is -2.18. The van der Waals surface area contributed by atoms with Crippen LogP contribution < -0.4 is 5.32 Å². The Bertz CT molecular complexity index is 488. The van der Waals surface area contributed by atoms with Gasteiger partial charge in [-0.15, -0.1) is 0 Å². The number of carbonyl (C=O) groups is 1. The Labute approximate surface area is 133 Å². The van der Waals surface area contributed by atoms with Crippen LogP contribution >= 0.6 is 0 Å². The summed E-state index contributed by atoms with van der Waals surface area (Å²) < 4.78 is 1.95. The second-order valence-corrected chi connectivity index (χ2v) is 6.38. The lowest BCUT2D eigenvalue weighted by Crippen LogP contribution is -2.35. The summed E-state index contributed by atoms with van der Waals surface area (Å²) in [6.07, 6.45) is 7.74. The molecule has 0 aliphatic heterocycles. The topological polar surface area (TPSA) is 67.2 Å². The molecule has 1 fully saturated rings. The van der Waals surface area contributed by atoms with E-state index in [9.17, 15) is 9.90 Å². The summed E-state index contributed by atoms with van der Waals surface area (Å²) in [4.78, 5) is 12.3. The molecular formula is C17H29N3O2. The molecule has 0 radical (unpaired) electrons. The molecule has 0 bridgehead atoms. The molecule has 1 amide bonds. The molecule has 1 saturated carbocycles. The monoisotopic (exact) mass is 307 g/mol. The van der Waals surface area contributed by atoms with Crippen molar-refractivity contribution in [2.45, 2.75) is 71.4 Å². The van der Waals surface area contributed by atoms with Crippen molar-refractivity contribution in [3.8, 4) is 0 Å². The third-order valence-corrected chi connectivity index (χ3v) is 4.99. The summed E-state index contributed by atoms with van der Waals surface area (Å²) in [5.41, 5.74) is 1.52. The Hall–Kier alpha value is -1.36. The second-order valence-electron chi connectivity index (χ2n) is 6.38. The van der Waals surface area contributed by atoms with Crippen LogP contribution in [0.5, 0.6) is 0 Å². The minimum atomic E-state index is -0.430. The molecule has 5 nitrogen and oxygen atoms in total. The van der Waals surface area contributed by atoms with E-state index in [0.717, 1.165) is 31.4 Å². The third-order valence-electron chi connectivity index (χ3n) is 4.99. The van der Waals surface area contributed by atoms with Gasteiger partial charge in [-0.05, 0) is 38.5 Å². The summed E-state index contributed by atoms with van der Waals surface area (Å²) in [6, 6.07) is 0.339. The fourth-order valence-electron chi connectivity index (χ4n) is 3.45. The molecule has 1 aliphatic rings. The Morgan fingerprint density at radius 3 is 2.64 bits per heavy atom. The maximum Gasteiger partial charge on any atom is 0.254 e. The van der Waals surface area contributed by atoms with Crippen LogP contribution in [-0.4, -0.2) is 33.4 Å². The number of nitrogens with zero attached hydrogens (tertiary/aromatic N) is 2. The highest BCUT2D eigenvalue weighted by molar-refractivity contribution is 5.95. The van der Waals surface area contributed by atoms with Crippen LogP contribution in [-0.2, 0) is 0 Å². The number of carbonyl (C=O) groups excluding carboxylic acids is 1. The molecule has 2 rings (SSSR count). The van der Waals surface area contributed by atoms with E-state index < -0.39 is 6.10 Å². The number of hydrogen-bond acceptors (Lipinski definition) is 3. The van der Waals surface area contributed by atoms with E-state index in [-0.39, 0.29) is 5.91 Å². The maximum atomic E-state index is 12.3. The van der Waals surface area contributed by atoms with Gasteiger partial charge in [-0.25, -0.2) is 0 Å². The first-order chi connectivity index (χ1) is 10.6. The molecule has 124 valence electrons. The molecular weight excluding hydrogens is 278 g/mol. The van der Waals surface area contributed by atoms with Crippen LogP contribution in [0.15, 0.2) is 6.20 Å². The van der Waals surface area contributed by atoms with Gasteiger partial charge in [0.2, 0.25) is 0 Å². The van der Waals surface area contributed by atoms with Crippen LogP contribution in [0.2, 0.25) is 0 Å². The van der Waals surface area contributed by atoms with Crippen molar-refractivity contribution in [3.63, 3.8) is 0 Å². The largest absolute Gasteiger partial charge is 0.391 e. The molecule has 1 aliphatic carbocycles. The normalized spacial score (nSPS) is 17.1. The molecule has 2 N–H and O–H groups in total. The first kappa shape index (κ1) is 17.0. The number of rotatable bonds is 7. The van der Waals surface area contributed by atoms with Gasteiger partial charge in [-0.2, -0.15) is 5.10 Å². The van der Waals surface area contributed by atoms with Gasteiger partial charge in [0.05, 0.1) is 23.9 Å². The van der Waals surface area contributed by atoms with Crippen LogP contribution in [0.3, 0.4) is 0 Å². The van der Waals surface area contributed by atoms with E-state index in [1.807, 2.05) is 11.6 Å². The zero-order valence-corrected chi connectivity index (χ0v) is 14.0. The van der Waals surface area contributed by atoms with Crippen molar-refractivity contribution in [3.05, 3.63) is 17.5 Å². The summed E-state index contributed by atoms with van der Waals surface area (Å²) in [6.45, 7) is 6.53. The number of nitrogens with one attached hydrogen (secondary N) is 1. The molecule has 1 heterocycles. The number of aliphatic hydroxyl groups excluding tert-OH is 1. The molecule has 1 aromatic rings. The average molecular weight is 307 g/mol. The Balaban J connectivity index is 1.95. The molecule has 0 spiro atoms. The number of aliphatic hydroxyl groups is 1. The van der Waals surface area contributed by atoms with Crippen molar-refractivity contribution >= 4 is 5.91 Å². The lowest BCUT2D eigenvalue weighted by molar-refractivity contribution is 0.0840. The Morgan fingerprint density at radius 2 is 2.05 bits per heavy atom. The number of hydrogen-bond donors (Lipinski definition) is 2.